The number of carbonyl (C=O) groups excluding carboxylic acids is 2. The van der Waals surface area contributed by atoms with E-state index in [9.17, 15) is 32.9 Å². The molecule has 0 bridgehead atoms. The summed E-state index contributed by atoms with van der Waals surface area (Å²) in [6.07, 6.45) is -4.89. The van der Waals surface area contributed by atoms with Gasteiger partial charge in [0.15, 0.2) is 0 Å². The quantitative estimate of drug-likeness (QED) is 0.414. The van der Waals surface area contributed by atoms with E-state index in [1.54, 1.807) is 0 Å². The van der Waals surface area contributed by atoms with Crippen LogP contribution in [0.3, 0.4) is 0 Å². The highest BCUT2D eigenvalue weighted by Gasteiger charge is 2.31. The number of halogens is 3. The lowest BCUT2D eigenvalue weighted by Gasteiger charge is -2.18. The van der Waals surface area contributed by atoms with Crippen molar-refractivity contribution in [1.82, 2.24) is 5.32 Å². The predicted octanol–water partition coefficient (Wildman–Crippen LogP) is 3.14. The van der Waals surface area contributed by atoms with Gasteiger partial charge in [0, 0.05) is 29.7 Å². The molecular formula is C19H17F3N2O6. The van der Waals surface area contributed by atoms with Crippen LogP contribution in [0.25, 0.3) is 0 Å². The van der Waals surface area contributed by atoms with Crippen molar-refractivity contribution in [2.75, 3.05) is 14.2 Å². The molecule has 1 N–H and O–H groups in total. The molecule has 2 rings (SSSR count). The molecular weight excluding hydrogens is 409 g/mol. The molecule has 11 heteroatoms. The highest BCUT2D eigenvalue weighted by Crippen LogP contribution is 2.30. The molecule has 0 heterocycles. The van der Waals surface area contributed by atoms with Crippen LogP contribution in [0.15, 0.2) is 42.5 Å². The molecule has 0 saturated heterocycles. The number of non-ortho nitro benzene ring substituents is 1. The summed E-state index contributed by atoms with van der Waals surface area (Å²) in [5.74, 6) is -1.60. The summed E-state index contributed by atoms with van der Waals surface area (Å²) in [5, 5.41) is 13.3. The number of nitro benzene ring substituents is 1. The number of nitrogens with one attached hydrogen (secondary N) is 1. The molecule has 0 spiro atoms. The van der Waals surface area contributed by atoms with E-state index >= 15 is 0 Å². The Labute approximate surface area is 168 Å². The summed E-state index contributed by atoms with van der Waals surface area (Å²) in [5.41, 5.74) is -1.38. The van der Waals surface area contributed by atoms with Crippen LogP contribution in [0.2, 0.25) is 0 Å². The lowest BCUT2D eigenvalue weighted by Crippen LogP contribution is -2.43. The first-order chi connectivity index (χ1) is 14.1. The van der Waals surface area contributed by atoms with Gasteiger partial charge in [0.05, 0.1) is 24.7 Å². The normalized spacial score (nSPS) is 12.0. The van der Waals surface area contributed by atoms with Crippen LogP contribution in [0, 0.1) is 10.1 Å². The summed E-state index contributed by atoms with van der Waals surface area (Å²) in [6.45, 7) is 0. The molecule has 30 heavy (non-hydrogen) atoms. The Balaban J connectivity index is 2.32. The molecule has 0 aliphatic rings. The molecule has 0 aromatic heterocycles. The van der Waals surface area contributed by atoms with E-state index < -0.39 is 34.6 Å². The molecule has 8 nitrogen and oxygen atoms in total. The maximum Gasteiger partial charge on any atom is 0.416 e. The van der Waals surface area contributed by atoms with Gasteiger partial charge >= 0.3 is 12.1 Å². The summed E-state index contributed by atoms with van der Waals surface area (Å²) in [6, 6.07) is 6.06. The second kappa shape index (κ2) is 9.25. The fraction of sp³-hybridized carbons (Fsp3) is 0.263. The lowest BCUT2D eigenvalue weighted by molar-refractivity contribution is -0.384. The van der Waals surface area contributed by atoms with Gasteiger partial charge in [-0.25, -0.2) is 4.79 Å². The van der Waals surface area contributed by atoms with Crippen LogP contribution in [0.1, 0.15) is 21.5 Å². The fourth-order valence-corrected chi connectivity index (χ4v) is 2.67. The Kier molecular flexibility index (Phi) is 6.98. The van der Waals surface area contributed by atoms with Gasteiger partial charge in [0.25, 0.3) is 11.6 Å². The van der Waals surface area contributed by atoms with Crippen molar-refractivity contribution in [3.63, 3.8) is 0 Å². The van der Waals surface area contributed by atoms with E-state index in [1.165, 1.54) is 25.3 Å². The number of esters is 1. The number of hydrogen-bond acceptors (Lipinski definition) is 6. The fourth-order valence-electron chi connectivity index (χ4n) is 2.67. The number of nitro groups is 1. The third-order valence-corrected chi connectivity index (χ3v) is 4.14. The zero-order valence-corrected chi connectivity index (χ0v) is 15.9. The molecule has 1 atom stereocenters. The molecule has 2 aromatic carbocycles. The van der Waals surface area contributed by atoms with Crippen molar-refractivity contribution >= 4 is 17.6 Å². The number of alkyl halides is 3. The van der Waals surface area contributed by atoms with Crippen molar-refractivity contribution in [3.8, 4) is 5.75 Å². The Morgan fingerprint density at radius 3 is 2.43 bits per heavy atom. The van der Waals surface area contributed by atoms with Gasteiger partial charge in [-0.3, -0.25) is 14.9 Å². The van der Waals surface area contributed by atoms with Crippen LogP contribution < -0.4 is 10.1 Å². The average Bonchev–Trinajstić information content (AvgIpc) is 2.71. The van der Waals surface area contributed by atoms with Crippen LogP contribution in [0.5, 0.6) is 5.75 Å². The topological polar surface area (TPSA) is 108 Å². The van der Waals surface area contributed by atoms with E-state index in [-0.39, 0.29) is 29.0 Å². The first-order valence-electron chi connectivity index (χ1n) is 8.44. The number of rotatable bonds is 7. The Bertz CT molecular complexity index is 962. The van der Waals surface area contributed by atoms with Gasteiger partial charge in [-0.15, -0.1) is 0 Å². The van der Waals surface area contributed by atoms with Gasteiger partial charge in [0.2, 0.25) is 0 Å². The van der Waals surface area contributed by atoms with Crippen molar-refractivity contribution in [3.05, 3.63) is 69.3 Å². The number of nitrogens with zero attached hydrogens (tertiary/aromatic N) is 1. The van der Waals surface area contributed by atoms with Gasteiger partial charge in [-0.1, -0.05) is 6.07 Å². The molecule has 0 fully saturated rings. The van der Waals surface area contributed by atoms with Gasteiger partial charge in [0.1, 0.15) is 11.8 Å². The van der Waals surface area contributed by atoms with Crippen LogP contribution >= 0.6 is 0 Å². The molecule has 160 valence electrons. The zero-order chi connectivity index (χ0) is 22.5. The van der Waals surface area contributed by atoms with Gasteiger partial charge in [-0.2, -0.15) is 13.2 Å². The third kappa shape index (κ3) is 5.46. The summed E-state index contributed by atoms with van der Waals surface area (Å²) in [7, 11) is 2.38. The number of ether oxygens (including phenoxy) is 2. The van der Waals surface area contributed by atoms with E-state index in [1.807, 2.05) is 0 Å². The number of carbonyl (C=O) groups is 2. The monoisotopic (exact) mass is 426 g/mol. The smallest absolute Gasteiger partial charge is 0.416 e. The first kappa shape index (κ1) is 22.7. The lowest BCUT2D eigenvalue weighted by atomic mass is 10.0. The van der Waals surface area contributed by atoms with Crippen molar-refractivity contribution in [2.24, 2.45) is 0 Å². The molecule has 0 radical (unpaired) electrons. The minimum atomic E-state index is -4.64. The first-order valence-corrected chi connectivity index (χ1v) is 8.44. The molecule has 1 amide bonds. The maximum atomic E-state index is 12.9. The summed E-state index contributed by atoms with van der Waals surface area (Å²) < 4.78 is 48.4. The number of hydrogen-bond donors (Lipinski definition) is 1. The SMILES string of the molecule is COC(=O)[C@@H](Cc1cc([N+](=O)[O-])ccc1OC)NC(=O)c1cccc(C(F)(F)F)c1. The molecule has 0 aliphatic heterocycles. The van der Waals surface area contributed by atoms with E-state index in [4.69, 9.17) is 4.74 Å². The van der Waals surface area contributed by atoms with Crippen molar-refractivity contribution in [1.29, 1.82) is 0 Å². The summed E-state index contributed by atoms with van der Waals surface area (Å²) >= 11 is 0. The van der Waals surface area contributed by atoms with E-state index in [0.29, 0.717) is 6.07 Å². The van der Waals surface area contributed by atoms with Crippen molar-refractivity contribution < 1.29 is 37.2 Å². The molecule has 0 aliphatic carbocycles. The highest BCUT2D eigenvalue weighted by atomic mass is 19.4. The van der Waals surface area contributed by atoms with Crippen molar-refractivity contribution in [2.45, 2.75) is 18.6 Å². The predicted molar refractivity (Wildman–Crippen MR) is 98.1 cm³/mol. The maximum absolute atomic E-state index is 12.9. The largest absolute Gasteiger partial charge is 0.496 e. The molecule has 0 saturated carbocycles. The Morgan fingerprint density at radius 1 is 1.17 bits per heavy atom. The molecule has 2 aromatic rings. The van der Waals surface area contributed by atoms with Crippen LogP contribution in [-0.4, -0.2) is 37.1 Å². The minimum Gasteiger partial charge on any atom is -0.496 e. The number of amides is 1. The van der Waals surface area contributed by atoms with E-state index in [0.717, 1.165) is 25.3 Å². The second-order valence-electron chi connectivity index (χ2n) is 6.09. The number of benzene rings is 2. The minimum absolute atomic E-state index is 0.225. The van der Waals surface area contributed by atoms with Gasteiger partial charge < -0.3 is 14.8 Å². The Morgan fingerprint density at radius 2 is 1.87 bits per heavy atom. The van der Waals surface area contributed by atoms with Gasteiger partial charge in [-0.05, 0) is 24.3 Å². The zero-order valence-electron chi connectivity index (χ0n) is 15.9. The standard InChI is InChI=1S/C19H17F3N2O6/c1-29-16-7-6-14(24(27)28)9-12(16)10-15(18(26)30-2)23-17(25)11-4-3-5-13(8-11)19(20,21)22/h3-9,15H,10H2,1-2H3,(H,23,25)/t15-/m1/s1. The van der Waals surface area contributed by atoms with Crippen LogP contribution in [-0.2, 0) is 22.1 Å². The average molecular weight is 426 g/mol. The third-order valence-electron chi connectivity index (χ3n) is 4.14. The number of methoxy groups -OCH3 is 2. The molecule has 0 unspecified atom stereocenters. The van der Waals surface area contributed by atoms with Crippen LogP contribution in [0.4, 0.5) is 18.9 Å². The summed E-state index contributed by atoms with van der Waals surface area (Å²) in [4.78, 5) is 35.0. The Hall–Kier alpha value is -3.63. The second-order valence-corrected chi connectivity index (χ2v) is 6.09. The highest BCUT2D eigenvalue weighted by molar-refractivity contribution is 5.97. The van der Waals surface area contributed by atoms with E-state index in [2.05, 4.69) is 10.1 Å².